The number of H-pyrrole nitrogens is 1. The van der Waals surface area contributed by atoms with E-state index in [2.05, 4.69) is 53.1 Å². The van der Waals surface area contributed by atoms with Crippen molar-refractivity contribution in [1.29, 1.82) is 0 Å². The summed E-state index contributed by atoms with van der Waals surface area (Å²) in [5.41, 5.74) is 11.0. The van der Waals surface area contributed by atoms with E-state index in [9.17, 15) is 0 Å². The van der Waals surface area contributed by atoms with E-state index in [1.807, 2.05) is 18.2 Å². The third kappa shape index (κ3) is 2.99. The van der Waals surface area contributed by atoms with E-state index in [0.717, 1.165) is 35.5 Å². The van der Waals surface area contributed by atoms with Crippen LogP contribution in [-0.2, 0) is 6.42 Å². The molecule has 0 atom stereocenters. The van der Waals surface area contributed by atoms with E-state index >= 15 is 0 Å². The molecule has 1 heterocycles. The number of nitrogens with two attached hydrogens (primary N) is 1. The highest BCUT2D eigenvalue weighted by Crippen LogP contribution is 2.17. The summed E-state index contributed by atoms with van der Waals surface area (Å²) >= 11 is 0. The standard InChI is InChI=1S/C17H20N4/c1-12-4-3-5-14(10-12)21(2)9-8-17-19-15-7-6-13(18)11-16(15)20-17/h3-7,10-11H,8-9,18H2,1-2H3,(H,19,20). The number of rotatable bonds is 4. The van der Waals surface area contributed by atoms with Gasteiger partial charge in [0.1, 0.15) is 5.82 Å². The number of likely N-dealkylation sites (N-methyl/N-ethyl adjacent to an activating group) is 1. The molecule has 0 bridgehead atoms. The summed E-state index contributed by atoms with van der Waals surface area (Å²) < 4.78 is 0. The van der Waals surface area contributed by atoms with Crippen molar-refractivity contribution in [2.75, 3.05) is 24.2 Å². The first kappa shape index (κ1) is 13.5. The molecular formula is C17H20N4. The Morgan fingerprint density at radius 2 is 2.05 bits per heavy atom. The van der Waals surface area contributed by atoms with Crippen LogP contribution in [0.1, 0.15) is 11.4 Å². The highest BCUT2D eigenvalue weighted by Gasteiger charge is 2.06. The molecule has 1 aromatic heterocycles. The summed E-state index contributed by atoms with van der Waals surface area (Å²) in [5, 5.41) is 0. The van der Waals surface area contributed by atoms with E-state index in [1.54, 1.807) is 0 Å². The molecule has 0 spiro atoms. The average molecular weight is 280 g/mol. The molecule has 4 heteroatoms. The minimum Gasteiger partial charge on any atom is -0.399 e. The zero-order valence-corrected chi connectivity index (χ0v) is 12.4. The number of fused-ring (bicyclic) bond motifs is 1. The second-order valence-corrected chi connectivity index (χ2v) is 5.47. The Morgan fingerprint density at radius 3 is 2.86 bits per heavy atom. The molecule has 0 fully saturated rings. The molecule has 0 aliphatic carbocycles. The fourth-order valence-corrected chi connectivity index (χ4v) is 2.47. The molecule has 0 saturated carbocycles. The van der Waals surface area contributed by atoms with Gasteiger partial charge in [0.05, 0.1) is 11.0 Å². The van der Waals surface area contributed by atoms with Crippen molar-refractivity contribution in [3.8, 4) is 0 Å². The largest absolute Gasteiger partial charge is 0.399 e. The summed E-state index contributed by atoms with van der Waals surface area (Å²) in [6, 6.07) is 14.3. The Kier molecular flexibility index (Phi) is 3.52. The van der Waals surface area contributed by atoms with Crippen molar-refractivity contribution >= 4 is 22.4 Å². The predicted molar refractivity (Wildman–Crippen MR) is 88.7 cm³/mol. The van der Waals surface area contributed by atoms with E-state index < -0.39 is 0 Å². The molecule has 0 amide bonds. The van der Waals surface area contributed by atoms with Crippen LogP contribution in [0.25, 0.3) is 11.0 Å². The molecule has 3 aromatic rings. The summed E-state index contributed by atoms with van der Waals surface area (Å²) in [6.45, 7) is 3.03. The molecule has 3 rings (SSSR count). The number of imidazole rings is 1. The average Bonchev–Trinajstić information content (AvgIpc) is 2.86. The number of anilines is 2. The maximum Gasteiger partial charge on any atom is 0.109 e. The van der Waals surface area contributed by atoms with Crippen molar-refractivity contribution in [2.24, 2.45) is 0 Å². The van der Waals surface area contributed by atoms with E-state index in [-0.39, 0.29) is 0 Å². The third-order valence-electron chi connectivity index (χ3n) is 3.68. The lowest BCUT2D eigenvalue weighted by molar-refractivity contribution is 0.837. The first-order valence-corrected chi connectivity index (χ1v) is 7.14. The van der Waals surface area contributed by atoms with Crippen molar-refractivity contribution in [3.63, 3.8) is 0 Å². The maximum atomic E-state index is 5.79. The van der Waals surface area contributed by atoms with Crippen LogP contribution in [0, 0.1) is 6.92 Å². The summed E-state index contributed by atoms with van der Waals surface area (Å²) in [7, 11) is 2.11. The van der Waals surface area contributed by atoms with Gasteiger partial charge in [-0.15, -0.1) is 0 Å². The molecule has 0 aliphatic heterocycles. The number of hydrogen-bond acceptors (Lipinski definition) is 3. The Labute approximate surface area is 124 Å². The summed E-state index contributed by atoms with van der Waals surface area (Å²) in [4.78, 5) is 10.2. The zero-order valence-electron chi connectivity index (χ0n) is 12.4. The molecule has 108 valence electrons. The van der Waals surface area contributed by atoms with Gasteiger partial charge in [-0.05, 0) is 42.8 Å². The summed E-state index contributed by atoms with van der Waals surface area (Å²) in [5.74, 6) is 0.995. The van der Waals surface area contributed by atoms with Crippen LogP contribution in [0.4, 0.5) is 11.4 Å². The number of aryl methyl sites for hydroxylation is 1. The Balaban J connectivity index is 1.71. The number of nitrogens with one attached hydrogen (secondary N) is 1. The molecule has 4 nitrogen and oxygen atoms in total. The van der Waals surface area contributed by atoms with Crippen molar-refractivity contribution in [3.05, 3.63) is 53.9 Å². The minimum absolute atomic E-state index is 0.759. The fourth-order valence-electron chi connectivity index (χ4n) is 2.47. The lowest BCUT2D eigenvalue weighted by atomic mass is 10.2. The predicted octanol–water partition coefficient (Wildman–Crippen LogP) is 3.13. The Morgan fingerprint density at radius 1 is 1.19 bits per heavy atom. The molecule has 0 aliphatic rings. The first-order valence-electron chi connectivity index (χ1n) is 7.14. The number of aromatic nitrogens is 2. The lowest BCUT2D eigenvalue weighted by Gasteiger charge is -2.19. The van der Waals surface area contributed by atoms with Crippen LogP contribution in [0.5, 0.6) is 0 Å². The normalized spacial score (nSPS) is 11.0. The maximum absolute atomic E-state index is 5.79. The van der Waals surface area contributed by atoms with Gasteiger partial charge in [0, 0.05) is 31.4 Å². The van der Waals surface area contributed by atoms with Gasteiger partial charge >= 0.3 is 0 Å². The van der Waals surface area contributed by atoms with Crippen LogP contribution in [0.3, 0.4) is 0 Å². The number of hydrogen-bond donors (Lipinski definition) is 2. The van der Waals surface area contributed by atoms with Crippen molar-refractivity contribution in [1.82, 2.24) is 9.97 Å². The molecule has 0 saturated heterocycles. The topological polar surface area (TPSA) is 57.9 Å². The van der Waals surface area contributed by atoms with Gasteiger partial charge in [0.2, 0.25) is 0 Å². The van der Waals surface area contributed by atoms with Crippen molar-refractivity contribution < 1.29 is 0 Å². The Hall–Kier alpha value is -2.49. The van der Waals surface area contributed by atoms with Crippen LogP contribution in [0.2, 0.25) is 0 Å². The molecular weight excluding hydrogens is 260 g/mol. The Bertz CT molecular complexity index is 760. The van der Waals surface area contributed by atoms with Crippen LogP contribution in [0.15, 0.2) is 42.5 Å². The zero-order chi connectivity index (χ0) is 14.8. The number of benzene rings is 2. The van der Waals surface area contributed by atoms with E-state index in [4.69, 9.17) is 5.73 Å². The van der Waals surface area contributed by atoms with Gasteiger partial charge in [-0.2, -0.15) is 0 Å². The van der Waals surface area contributed by atoms with Crippen molar-refractivity contribution in [2.45, 2.75) is 13.3 Å². The van der Waals surface area contributed by atoms with Gasteiger partial charge in [-0.25, -0.2) is 4.98 Å². The number of nitrogens with zero attached hydrogens (tertiary/aromatic N) is 2. The molecule has 2 aromatic carbocycles. The van der Waals surface area contributed by atoms with Gasteiger partial charge in [0.15, 0.2) is 0 Å². The minimum atomic E-state index is 0.759. The lowest BCUT2D eigenvalue weighted by Crippen LogP contribution is -2.20. The fraction of sp³-hybridized carbons (Fsp3) is 0.235. The SMILES string of the molecule is Cc1cccc(N(C)CCc2nc3ccc(N)cc3[nH]2)c1. The molecule has 0 radical (unpaired) electrons. The summed E-state index contributed by atoms with van der Waals surface area (Å²) in [6.07, 6.45) is 0.874. The smallest absolute Gasteiger partial charge is 0.109 e. The van der Waals surface area contributed by atoms with Gasteiger partial charge < -0.3 is 15.6 Å². The highest BCUT2D eigenvalue weighted by atomic mass is 15.1. The van der Waals surface area contributed by atoms with Crippen LogP contribution in [-0.4, -0.2) is 23.6 Å². The molecule has 0 unspecified atom stereocenters. The quantitative estimate of drug-likeness (QED) is 0.722. The second kappa shape index (κ2) is 5.48. The first-order chi connectivity index (χ1) is 10.1. The van der Waals surface area contributed by atoms with Gasteiger partial charge in [-0.3, -0.25) is 0 Å². The van der Waals surface area contributed by atoms with Crippen LogP contribution >= 0.6 is 0 Å². The van der Waals surface area contributed by atoms with Gasteiger partial charge in [-0.1, -0.05) is 12.1 Å². The number of nitrogen functional groups attached to an aromatic ring is 1. The van der Waals surface area contributed by atoms with E-state index in [0.29, 0.717) is 0 Å². The monoisotopic (exact) mass is 280 g/mol. The molecule has 21 heavy (non-hydrogen) atoms. The van der Waals surface area contributed by atoms with E-state index in [1.165, 1.54) is 11.3 Å². The number of aromatic amines is 1. The van der Waals surface area contributed by atoms with Gasteiger partial charge in [0.25, 0.3) is 0 Å². The molecule has 3 N–H and O–H groups in total. The van der Waals surface area contributed by atoms with Crippen LogP contribution < -0.4 is 10.6 Å². The highest BCUT2D eigenvalue weighted by molar-refractivity contribution is 5.78. The third-order valence-corrected chi connectivity index (χ3v) is 3.68. The second-order valence-electron chi connectivity index (χ2n) is 5.47.